The molecule has 25 heavy (non-hydrogen) atoms. The third-order valence-corrected chi connectivity index (χ3v) is 4.21. The van der Waals surface area contributed by atoms with Crippen LogP contribution in [0, 0.1) is 0 Å². The van der Waals surface area contributed by atoms with Gasteiger partial charge >= 0.3 is 0 Å². The average Bonchev–Trinajstić information content (AvgIpc) is 2.59. The zero-order valence-corrected chi connectivity index (χ0v) is 15.3. The normalized spacial score (nSPS) is 12.9. The Morgan fingerprint density at radius 1 is 1.08 bits per heavy atom. The number of hydrogen-bond donors (Lipinski definition) is 3. The van der Waals surface area contributed by atoms with Crippen molar-refractivity contribution >= 4 is 0 Å². The number of nitrogens with zero attached hydrogens (tertiary/aromatic N) is 1. The van der Waals surface area contributed by atoms with Crippen molar-refractivity contribution in [1.29, 1.82) is 0 Å². The van der Waals surface area contributed by atoms with Crippen LogP contribution in [-0.2, 0) is 18.6 Å². The molecule has 2 aromatic rings. The largest absolute Gasteiger partial charge is 0.506 e. The van der Waals surface area contributed by atoms with E-state index >= 15 is 0 Å². The minimum atomic E-state index is -0.309. The highest BCUT2D eigenvalue weighted by Gasteiger charge is 2.17. The molecule has 0 saturated heterocycles. The second kappa shape index (κ2) is 7.85. The molecule has 1 aromatic heterocycles. The summed E-state index contributed by atoms with van der Waals surface area (Å²) >= 11 is 0. The molecule has 5 nitrogen and oxygen atoms in total. The predicted molar refractivity (Wildman–Crippen MR) is 96.8 cm³/mol. The number of hydrogen-bond acceptors (Lipinski definition) is 5. The van der Waals surface area contributed by atoms with Crippen LogP contribution in [-0.4, -0.2) is 26.9 Å². The topological polar surface area (TPSA) is 82.8 Å². The van der Waals surface area contributed by atoms with Crippen molar-refractivity contribution in [2.45, 2.75) is 52.2 Å². The van der Waals surface area contributed by atoms with Crippen molar-refractivity contribution in [3.8, 4) is 11.5 Å². The summed E-state index contributed by atoms with van der Waals surface area (Å²) in [5.41, 5.74) is 2.90. The Balaban J connectivity index is 2.12. The van der Waals surface area contributed by atoms with Gasteiger partial charge in [0, 0.05) is 17.2 Å². The van der Waals surface area contributed by atoms with Gasteiger partial charge in [-0.05, 0) is 35.2 Å². The summed E-state index contributed by atoms with van der Waals surface area (Å²) in [6.45, 7) is 8.33. The van der Waals surface area contributed by atoms with E-state index in [0.29, 0.717) is 12.4 Å². The minimum Gasteiger partial charge on any atom is -0.506 e. The second-order valence-electron chi connectivity index (χ2n) is 7.30. The molecule has 0 saturated carbocycles. The molecule has 1 aromatic carbocycles. The Morgan fingerprint density at radius 2 is 1.80 bits per heavy atom. The van der Waals surface area contributed by atoms with Crippen molar-refractivity contribution < 1.29 is 20.1 Å². The monoisotopic (exact) mass is 345 g/mol. The fourth-order valence-electron chi connectivity index (χ4n) is 2.51. The van der Waals surface area contributed by atoms with E-state index in [-0.39, 0.29) is 36.0 Å². The highest BCUT2D eigenvalue weighted by molar-refractivity contribution is 5.39. The molecule has 0 aliphatic heterocycles. The summed E-state index contributed by atoms with van der Waals surface area (Å²) in [4.78, 5) is 4.26. The zero-order valence-electron chi connectivity index (χ0n) is 15.3. The van der Waals surface area contributed by atoms with Gasteiger partial charge in [-0.2, -0.15) is 0 Å². The van der Waals surface area contributed by atoms with E-state index in [1.807, 2.05) is 25.1 Å². The lowest BCUT2D eigenvalue weighted by molar-refractivity contribution is 0.254. The fraction of sp³-hybridized carbons (Fsp3) is 0.450. The van der Waals surface area contributed by atoms with Gasteiger partial charge in [0.05, 0.1) is 19.8 Å². The molecule has 5 heteroatoms. The highest BCUT2D eigenvalue weighted by atomic mass is 16.5. The van der Waals surface area contributed by atoms with E-state index in [2.05, 4.69) is 25.8 Å². The van der Waals surface area contributed by atoms with Crippen LogP contribution in [0.5, 0.6) is 11.5 Å². The van der Waals surface area contributed by atoms with Crippen molar-refractivity contribution in [3.05, 3.63) is 52.8 Å². The molecule has 1 atom stereocenters. The fourth-order valence-corrected chi connectivity index (χ4v) is 2.51. The lowest BCUT2D eigenvalue weighted by Crippen LogP contribution is -2.13. The third kappa shape index (κ3) is 4.71. The van der Waals surface area contributed by atoms with Gasteiger partial charge in [0.1, 0.15) is 17.2 Å². The van der Waals surface area contributed by atoms with E-state index in [0.717, 1.165) is 16.8 Å². The quantitative estimate of drug-likeness (QED) is 0.748. The number of rotatable bonds is 6. The number of pyridine rings is 1. The van der Waals surface area contributed by atoms with E-state index < -0.39 is 0 Å². The third-order valence-electron chi connectivity index (χ3n) is 4.21. The van der Waals surface area contributed by atoms with Gasteiger partial charge < -0.3 is 20.1 Å². The van der Waals surface area contributed by atoms with Gasteiger partial charge in [-0.25, -0.2) is 0 Å². The van der Waals surface area contributed by atoms with Crippen molar-refractivity contribution in [3.63, 3.8) is 0 Å². The van der Waals surface area contributed by atoms with Gasteiger partial charge in [0.25, 0.3) is 0 Å². The van der Waals surface area contributed by atoms with Gasteiger partial charge in [-0.15, -0.1) is 0 Å². The molecule has 0 spiro atoms. The Hall–Kier alpha value is -2.11. The molecule has 136 valence electrons. The average molecular weight is 345 g/mol. The number of aromatic hydroxyl groups is 1. The molecular formula is C20H27NO4. The van der Waals surface area contributed by atoms with E-state index in [9.17, 15) is 15.3 Å². The maximum Gasteiger partial charge on any atom is 0.139 e. The summed E-state index contributed by atoms with van der Waals surface area (Å²) in [7, 11) is 0. The lowest BCUT2D eigenvalue weighted by atomic mass is 9.86. The second-order valence-corrected chi connectivity index (χ2v) is 7.30. The van der Waals surface area contributed by atoms with E-state index in [1.165, 1.54) is 6.07 Å². The van der Waals surface area contributed by atoms with Gasteiger partial charge in [0.2, 0.25) is 0 Å². The van der Waals surface area contributed by atoms with Crippen molar-refractivity contribution in [1.82, 2.24) is 4.98 Å². The van der Waals surface area contributed by atoms with Crippen LogP contribution in [0.3, 0.4) is 0 Å². The molecule has 0 fully saturated rings. The van der Waals surface area contributed by atoms with E-state index in [4.69, 9.17) is 4.74 Å². The molecule has 1 unspecified atom stereocenters. The number of aliphatic hydroxyl groups is 2. The maximum absolute atomic E-state index is 9.64. The van der Waals surface area contributed by atoms with E-state index in [1.54, 1.807) is 6.07 Å². The molecule has 0 aliphatic rings. The molecular weight excluding hydrogens is 318 g/mol. The summed E-state index contributed by atoms with van der Waals surface area (Å²) in [6.07, 6.45) is 0. The Labute approximate surface area is 148 Å². The number of aromatic nitrogens is 1. The van der Waals surface area contributed by atoms with Crippen LogP contribution in [0.2, 0.25) is 0 Å². The molecule has 0 bridgehead atoms. The van der Waals surface area contributed by atoms with Crippen molar-refractivity contribution in [2.75, 3.05) is 6.61 Å². The number of aliphatic hydroxyl groups excluding tert-OH is 2. The molecule has 2 rings (SSSR count). The van der Waals surface area contributed by atoms with Gasteiger partial charge in [0.15, 0.2) is 0 Å². The van der Waals surface area contributed by atoms with Crippen LogP contribution in [0.15, 0.2) is 30.3 Å². The standard InChI is InChI=1S/C20H27NO4/c1-13(16-6-7-18(24)17(11-23)21-16)12-25-19-8-5-15(20(2,3)4)9-14(19)10-22/h5-9,13,22-24H,10-12H2,1-4H3. The molecule has 0 amide bonds. The Morgan fingerprint density at radius 3 is 2.40 bits per heavy atom. The van der Waals surface area contributed by atoms with Crippen LogP contribution in [0.1, 0.15) is 56.1 Å². The number of ether oxygens (including phenoxy) is 1. The first-order valence-electron chi connectivity index (χ1n) is 8.43. The first-order valence-corrected chi connectivity index (χ1v) is 8.43. The summed E-state index contributed by atoms with van der Waals surface area (Å²) < 4.78 is 5.89. The predicted octanol–water partition coefficient (Wildman–Crippen LogP) is 3.25. The molecule has 0 aliphatic carbocycles. The highest BCUT2D eigenvalue weighted by Crippen LogP contribution is 2.29. The molecule has 1 heterocycles. The first kappa shape index (κ1) is 19.2. The van der Waals surface area contributed by atoms with Gasteiger partial charge in [-0.3, -0.25) is 4.98 Å². The molecule has 3 N–H and O–H groups in total. The lowest BCUT2D eigenvalue weighted by Gasteiger charge is -2.21. The summed E-state index contributed by atoms with van der Waals surface area (Å²) in [5, 5.41) is 28.5. The Bertz CT molecular complexity index is 722. The maximum atomic E-state index is 9.64. The molecule has 0 radical (unpaired) electrons. The van der Waals surface area contributed by atoms with Gasteiger partial charge in [-0.1, -0.05) is 33.8 Å². The summed E-state index contributed by atoms with van der Waals surface area (Å²) in [6, 6.07) is 9.13. The van der Waals surface area contributed by atoms with Crippen molar-refractivity contribution in [2.24, 2.45) is 0 Å². The first-order chi connectivity index (χ1) is 11.8. The van der Waals surface area contributed by atoms with Crippen LogP contribution in [0.4, 0.5) is 0 Å². The van der Waals surface area contributed by atoms with Crippen LogP contribution >= 0.6 is 0 Å². The smallest absolute Gasteiger partial charge is 0.139 e. The van der Waals surface area contributed by atoms with Crippen LogP contribution < -0.4 is 4.74 Å². The Kier molecular flexibility index (Phi) is 6.03. The summed E-state index contributed by atoms with van der Waals surface area (Å²) in [5.74, 6) is 0.614. The number of benzene rings is 1. The SMILES string of the molecule is CC(COc1ccc(C(C)(C)C)cc1CO)c1ccc(O)c(CO)n1. The zero-order chi connectivity index (χ0) is 18.6. The van der Waals surface area contributed by atoms with Crippen LogP contribution in [0.25, 0.3) is 0 Å². The minimum absolute atomic E-state index is 0.00635.